The van der Waals surface area contributed by atoms with Gasteiger partial charge in [0.1, 0.15) is 0 Å². The van der Waals surface area contributed by atoms with Crippen LogP contribution in [-0.4, -0.2) is 16.1 Å². The van der Waals surface area contributed by atoms with Gasteiger partial charge >= 0.3 is 0 Å². The van der Waals surface area contributed by atoms with E-state index >= 15 is 0 Å². The van der Waals surface area contributed by atoms with Gasteiger partial charge in [-0.15, -0.1) is 0 Å². The monoisotopic (exact) mass is 185 g/mol. The van der Waals surface area contributed by atoms with E-state index in [9.17, 15) is 9.59 Å². The van der Waals surface area contributed by atoms with Gasteiger partial charge in [-0.1, -0.05) is 6.08 Å². The van der Waals surface area contributed by atoms with E-state index < -0.39 is 11.6 Å². The van der Waals surface area contributed by atoms with Crippen LogP contribution in [0.5, 0.6) is 0 Å². The van der Waals surface area contributed by atoms with Gasteiger partial charge in [-0.25, -0.2) is 0 Å². The lowest BCUT2D eigenvalue weighted by atomic mass is 10.1. The number of allylic oxidation sites excluding steroid dienone is 1. The summed E-state index contributed by atoms with van der Waals surface area (Å²) in [5.74, 6) is -0.851. The van der Waals surface area contributed by atoms with Gasteiger partial charge in [-0.05, 0) is 18.2 Å². The number of nitrogens with zero attached hydrogens (tertiary/aromatic N) is 1. The second-order valence-electron chi connectivity index (χ2n) is 3.44. The summed E-state index contributed by atoms with van der Waals surface area (Å²) in [5.41, 5.74) is 1.06. The van der Waals surface area contributed by atoms with Gasteiger partial charge in [0.25, 0.3) is 0 Å². The highest BCUT2D eigenvalue weighted by Gasteiger charge is 2.16. The van der Waals surface area contributed by atoms with Crippen molar-refractivity contribution in [3.8, 4) is 0 Å². The topological polar surface area (TPSA) is 39.1 Å². The summed E-state index contributed by atoms with van der Waals surface area (Å²) in [5, 5.41) is 1.71. The first-order chi connectivity index (χ1) is 6.75. The molecule has 0 saturated carbocycles. The van der Waals surface area contributed by atoms with Crippen LogP contribution in [0, 0.1) is 0 Å². The summed E-state index contributed by atoms with van der Waals surface area (Å²) in [4.78, 5) is 22.3. The molecule has 0 fully saturated rings. The lowest BCUT2D eigenvalue weighted by Crippen LogP contribution is -2.35. The zero-order valence-electron chi connectivity index (χ0n) is 7.36. The van der Waals surface area contributed by atoms with Crippen molar-refractivity contribution in [1.82, 2.24) is 4.57 Å². The molecule has 3 rings (SSSR count). The first kappa shape index (κ1) is 7.50. The molecular weight excluding hydrogens is 178 g/mol. The maximum absolute atomic E-state index is 11.2. The number of fused-ring (bicyclic) bond motifs is 3. The van der Waals surface area contributed by atoms with Crippen molar-refractivity contribution in [2.24, 2.45) is 0 Å². The van der Waals surface area contributed by atoms with Gasteiger partial charge in [-0.2, -0.15) is 0 Å². The Kier molecular flexibility index (Phi) is 1.24. The number of Topliss-reactive ketones (excluding diaryl/α,β-unsaturated/α-hetero) is 2. The fourth-order valence-electron chi connectivity index (χ4n) is 1.91. The van der Waals surface area contributed by atoms with E-state index in [2.05, 4.69) is 0 Å². The van der Waals surface area contributed by atoms with E-state index in [1.54, 1.807) is 0 Å². The maximum atomic E-state index is 11.2. The third kappa shape index (κ3) is 0.812. The van der Waals surface area contributed by atoms with Crippen LogP contribution < -0.4 is 10.6 Å². The molecule has 0 amide bonds. The summed E-state index contributed by atoms with van der Waals surface area (Å²) >= 11 is 0. The number of rotatable bonds is 0. The van der Waals surface area contributed by atoms with E-state index in [0.717, 1.165) is 22.8 Å². The van der Waals surface area contributed by atoms with Gasteiger partial charge in [0.05, 0.1) is 5.35 Å². The van der Waals surface area contributed by atoms with Gasteiger partial charge in [-0.3, -0.25) is 9.59 Å². The molecule has 68 valence electrons. The minimum atomic E-state index is -0.426. The average Bonchev–Trinajstić information content (AvgIpc) is 2.68. The molecule has 0 aromatic carbocycles. The second kappa shape index (κ2) is 2.32. The fourth-order valence-corrected chi connectivity index (χ4v) is 1.91. The van der Waals surface area contributed by atoms with Crippen molar-refractivity contribution in [1.29, 1.82) is 0 Å². The average molecular weight is 185 g/mol. The Balaban J connectivity index is 2.46. The van der Waals surface area contributed by atoms with Crippen molar-refractivity contribution in [3.05, 3.63) is 28.4 Å². The molecule has 0 bridgehead atoms. The first-order valence-electron chi connectivity index (χ1n) is 4.43. The van der Waals surface area contributed by atoms with E-state index in [4.69, 9.17) is 0 Å². The third-order valence-corrected chi connectivity index (χ3v) is 2.58. The molecule has 0 N–H and O–H groups in total. The van der Waals surface area contributed by atoms with Crippen molar-refractivity contribution in [3.63, 3.8) is 0 Å². The van der Waals surface area contributed by atoms with E-state index in [1.807, 2.05) is 22.8 Å². The lowest BCUT2D eigenvalue weighted by Gasteiger charge is -1.99. The number of hydrogen-bond acceptors (Lipinski definition) is 2. The fraction of sp³-hybridized carbons (Fsp3) is 0.0909. The molecule has 0 unspecified atom stereocenters. The smallest absolute Gasteiger partial charge is 0.227 e. The van der Waals surface area contributed by atoms with Gasteiger partial charge < -0.3 is 4.57 Å². The van der Waals surface area contributed by atoms with Crippen molar-refractivity contribution < 1.29 is 9.59 Å². The SMILES string of the molecule is O=C1C=c2cc3n(c2=CC1=O)CC=C3. The van der Waals surface area contributed by atoms with Gasteiger partial charge in [0, 0.05) is 23.5 Å². The van der Waals surface area contributed by atoms with Crippen molar-refractivity contribution >= 4 is 29.8 Å². The zero-order chi connectivity index (χ0) is 9.71. The van der Waals surface area contributed by atoms with E-state index in [0.29, 0.717) is 0 Å². The molecule has 2 aliphatic rings. The summed E-state index contributed by atoms with van der Waals surface area (Å²) in [6, 6.07) is 1.93. The number of carbonyl (C=O) groups is 2. The molecular formula is C11H7NO2. The molecule has 0 spiro atoms. The Morgan fingerprint density at radius 2 is 1.93 bits per heavy atom. The predicted molar refractivity (Wildman–Crippen MR) is 51.7 cm³/mol. The van der Waals surface area contributed by atoms with Crippen molar-refractivity contribution in [2.75, 3.05) is 0 Å². The van der Waals surface area contributed by atoms with Crippen LogP contribution in [0.15, 0.2) is 12.1 Å². The molecule has 1 aliphatic heterocycles. The predicted octanol–water partition coefficient (Wildman–Crippen LogP) is -0.772. The normalized spacial score (nSPS) is 17.4. The Hall–Kier alpha value is -1.90. The lowest BCUT2D eigenvalue weighted by molar-refractivity contribution is -0.129. The van der Waals surface area contributed by atoms with Gasteiger partial charge in [0.15, 0.2) is 0 Å². The minimum Gasteiger partial charge on any atom is -0.337 e. The Labute approximate surface area is 79.6 Å². The highest BCUT2D eigenvalue weighted by atomic mass is 16.2. The molecule has 3 heteroatoms. The van der Waals surface area contributed by atoms with Crippen LogP contribution in [0.3, 0.4) is 0 Å². The molecule has 1 aromatic heterocycles. The van der Waals surface area contributed by atoms with Gasteiger partial charge in [0.2, 0.25) is 11.6 Å². The molecule has 0 atom stereocenters. The highest BCUT2D eigenvalue weighted by Crippen LogP contribution is 2.06. The molecule has 1 aliphatic carbocycles. The van der Waals surface area contributed by atoms with Crippen LogP contribution in [0.4, 0.5) is 0 Å². The van der Waals surface area contributed by atoms with Crippen LogP contribution >= 0.6 is 0 Å². The Morgan fingerprint density at radius 1 is 1.14 bits per heavy atom. The number of ketones is 2. The summed E-state index contributed by atoms with van der Waals surface area (Å²) in [7, 11) is 0. The van der Waals surface area contributed by atoms with E-state index in [-0.39, 0.29) is 0 Å². The maximum Gasteiger partial charge on any atom is 0.227 e. The molecule has 2 heterocycles. The Bertz CT molecular complexity index is 602. The number of hydrogen-bond donors (Lipinski definition) is 0. The van der Waals surface area contributed by atoms with Crippen LogP contribution in [0.25, 0.3) is 18.2 Å². The molecule has 14 heavy (non-hydrogen) atoms. The first-order valence-corrected chi connectivity index (χ1v) is 4.43. The molecule has 1 aromatic rings. The molecule has 0 radical (unpaired) electrons. The summed E-state index contributed by atoms with van der Waals surface area (Å²) in [6.07, 6.45) is 6.87. The Morgan fingerprint density at radius 3 is 2.79 bits per heavy atom. The third-order valence-electron chi connectivity index (χ3n) is 2.58. The molecule has 0 saturated heterocycles. The van der Waals surface area contributed by atoms with Crippen LogP contribution in [-0.2, 0) is 16.1 Å². The summed E-state index contributed by atoms with van der Waals surface area (Å²) in [6.45, 7) is 0.788. The van der Waals surface area contributed by atoms with Crippen LogP contribution in [0.2, 0.25) is 0 Å². The second-order valence-corrected chi connectivity index (χ2v) is 3.44. The van der Waals surface area contributed by atoms with Crippen molar-refractivity contribution in [2.45, 2.75) is 6.54 Å². The largest absolute Gasteiger partial charge is 0.337 e. The quantitative estimate of drug-likeness (QED) is 0.498. The number of aromatic nitrogens is 1. The van der Waals surface area contributed by atoms with Crippen LogP contribution in [0.1, 0.15) is 5.69 Å². The highest BCUT2D eigenvalue weighted by molar-refractivity contribution is 6.57. The minimum absolute atomic E-state index is 0.425. The zero-order valence-corrected chi connectivity index (χ0v) is 7.36. The van der Waals surface area contributed by atoms with E-state index in [1.165, 1.54) is 12.2 Å². The number of carbonyl (C=O) groups excluding carboxylic acids is 2. The summed E-state index contributed by atoms with van der Waals surface area (Å²) < 4.78 is 2.02. The standard InChI is InChI=1S/C11H7NO2/c13-10-5-7-4-8-2-1-3-12(8)9(7)6-11(10)14/h1-2,4-6H,3H2. The molecule has 3 nitrogen and oxygen atoms in total.